The highest BCUT2D eigenvalue weighted by molar-refractivity contribution is 8.01. The number of rotatable bonds is 3. The van der Waals surface area contributed by atoms with Crippen molar-refractivity contribution in [3.05, 3.63) is 46.8 Å². The first-order valence-electron chi connectivity index (χ1n) is 7.27. The molecule has 4 rings (SSSR count). The maximum atomic E-state index is 12.3. The molecule has 1 spiro atoms. The molecule has 1 unspecified atom stereocenters. The highest BCUT2D eigenvalue weighted by atomic mass is 32.2. The summed E-state index contributed by atoms with van der Waals surface area (Å²) in [6.45, 7) is 1.66. The molecule has 2 aliphatic rings. The van der Waals surface area contributed by atoms with Crippen molar-refractivity contribution in [1.29, 1.82) is 0 Å². The van der Waals surface area contributed by atoms with E-state index in [1.165, 1.54) is 0 Å². The van der Waals surface area contributed by atoms with E-state index in [2.05, 4.69) is 4.98 Å². The van der Waals surface area contributed by atoms with E-state index in [1.54, 1.807) is 17.5 Å². The molecule has 114 valence electrons. The number of carbonyl (C=O) groups excluding carboxylic acids is 1. The summed E-state index contributed by atoms with van der Waals surface area (Å²) < 4.78 is 6.13. The second-order valence-corrected chi connectivity index (χ2v) is 8.05. The number of amides is 1. The monoisotopic (exact) mass is 332 g/mol. The molecular formula is C16H16N2O2S2. The van der Waals surface area contributed by atoms with Crippen molar-refractivity contribution in [1.82, 2.24) is 9.88 Å². The molecule has 0 bridgehead atoms. The lowest BCUT2D eigenvalue weighted by molar-refractivity contribution is 0.0516. The van der Waals surface area contributed by atoms with Gasteiger partial charge in [0.25, 0.3) is 5.91 Å². The van der Waals surface area contributed by atoms with Crippen molar-refractivity contribution in [2.45, 2.75) is 17.3 Å². The Bertz CT molecular complexity index is 654. The van der Waals surface area contributed by atoms with E-state index < -0.39 is 0 Å². The maximum absolute atomic E-state index is 12.3. The van der Waals surface area contributed by atoms with Crippen LogP contribution in [-0.2, 0) is 0 Å². The van der Waals surface area contributed by atoms with E-state index in [0.717, 1.165) is 30.8 Å². The Hall–Kier alpha value is -1.53. The van der Waals surface area contributed by atoms with Crippen molar-refractivity contribution >= 4 is 29.0 Å². The van der Waals surface area contributed by atoms with Gasteiger partial charge in [0.1, 0.15) is 6.10 Å². The molecule has 4 nitrogen and oxygen atoms in total. The van der Waals surface area contributed by atoms with E-state index in [9.17, 15) is 4.79 Å². The Morgan fingerprint density at radius 1 is 1.36 bits per heavy atom. The standard InChI is InChI=1S/C16H16N2O2S2/c19-15(12-4-6-21-8-12)18-10-16(11-18)7-13(9-22-16)20-14-3-1-2-5-17-14/h1-6,8,13H,7,9-11H2. The van der Waals surface area contributed by atoms with Gasteiger partial charge < -0.3 is 9.64 Å². The van der Waals surface area contributed by atoms with Crippen LogP contribution in [0, 0.1) is 0 Å². The third kappa shape index (κ3) is 2.61. The fraction of sp³-hybridized carbons (Fsp3) is 0.375. The molecular weight excluding hydrogens is 316 g/mol. The number of hydrogen-bond donors (Lipinski definition) is 0. The Morgan fingerprint density at radius 3 is 3.00 bits per heavy atom. The lowest BCUT2D eigenvalue weighted by Gasteiger charge is -2.47. The molecule has 2 aromatic heterocycles. The third-order valence-corrected chi connectivity index (χ3v) is 6.37. The van der Waals surface area contributed by atoms with Crippen molar-refractivity contribution in [2.75, 3.05) is 18.8 Å². The first kappa shape index (κ1) is 14.1. The summed E-state index contributed by atoms with van der Waals surface area (Å²) in [5, 5.41) is 3.87. The minimum Gasteiger partial charge on any atom is -0.473 e. The normalized spacial score (nSPS) is 22.5. The Balaban J connectivity index is 1.33. The lowest BCUT2D eigenvalue weighted by atomic mass is 9.92. The second kappa shape index (κ2) is 5.59. The molecule has 1 amide bonds. The number of ether oxygens (including phenoxy) is 1. The average Bonchev–Trinajstić information content (AvgIpc) is 3.16. The van der Waals surface area contributed by atoms with Crippen LogP contribution in [0.1, 0.15) is 16.8 Å². The Labute approximate surface area is 137 Å². The molecule has 4 heterocycles. The summed E-state index contributed by atoms with van der Waals surface area (Å²) >= 11 is 3.50. The van der Waals surface area contributed by atoms with Crippen LogP contribution in [0.5, 0.6) is 5.88 Å². The topological polar surface area (TPSA) is 42.4 Å². The maximum Gasteiger partial charge on any atom is 0.254 e. The zero-order chi connectivity index (χ0) is 15.0. The number of pyridine rings is 1. The van der Waals surface area contributed by atoms with Crippen molar-refractivity contribution < 1.29 is 9.53 Å². The Kier molecular flexibility index (Phi) is 3.58. The largest absolute Gasteiger partial charge is 0.473 e. The van der Waals surface area contributed by atoms with Gasteiger partial charge in [-0.15, -0.1) is 11.8 Å². The zero-order valence-electron chi connectivity index (χ0n) is 12.0. The minimum atomic E-state index is 0.154. The van der Waals surface area contributed by atoms with Crippen LogP contribution >= 0.6 is 23.1 Å². The van der Waals surface area contributed by atoms with Crippen LogP contribution in [0.4, 0.5) is 0 Å². The molecule has 22 heavy (non-hydrogen) atoms. The zero-order valence-corrected chi connectivity index (χ0v) is 13.6. The van der Waals surface area contributed by atoms with E-state index >= 15 is 0 Å². The molecule has 2 aliphatic heterocycles. The molecule has 1 atom stereocenters. The SMILES string of the molecule is O=C(c1ccsc1)N1CC2(CC(Oc3ccccn3)CS2)C1. The average molecular weight is 332 g/mol. The van der Waals surface area contributed by atoms with E-state index in [0.29, 0.717) is 5.88 Å². The second-order valence-electron chi connectivity index (χ2n) is 5.78. The predicted octanol–water partition coefficient (Wildman–Crippen LogP) is 2.92. The molecule has 6 heteroatoms. The minimum absolute atomic E-state index is 0.154. The van der Waals surface area contributed by atoms with Crippen LogP contribution < -0.4 is 4.74 Å². The number of thioether (sulfide) groups is 1. The van der Waals surface area contributed by atoms with Gasteiger partial charge in [0.2, 0.25) is 5.88 Å². The van der Waals surface area contributed by atoms with E-state index in [-0.39, 0.29) is 16.8 Å². The fourth-order valence-corrected chi connectivity index (χ4v) is 5.20. The molecule has 0 saturated carbocycles. The van der Waals surface area contributed by atoms with Gasteiger partial charge in [-0.05, 0) is 17.5 Å². The van der Waals surface area contributed by atoms with Crippen molar-refractivity contribution in [2.24, 2.45) is 0 Å². The molecule has 0 aromatic carbocycles. The summed E-state index contributed by atoms with van der Waals surface area (Å²) in [7, 11) is 0. The van der Waals surface area contributed by atoms with E-state index in [1.807, 2.05) is 51.7 Å². The summed E-state index contributed by atoms with van der Waals surface area (Å²) in [6, 6.07) is 7.61. The molecule has 2 fully saturated rings. The molecule has 0 aliphatic carbocycles. The van der Waals surface area contributed by atoms with Gasteiger partial charge in [-0.25, -0.2) is 4.98 Å². The number of aromatic nitrogens is 1. The number of nitrogens with zero attached hydrogens (tertiary/aromatic N) is 2. The van der Waals surface area contributed by atoms with Crippen LogP contribution in [0.3, 0.4) is 0 Å². The van der Waals surface area contributed by atoms with E-state index in [4.69, 9.17) is 4.74 Å². The van der Waals surface area contributed by atoms with Crippen molar-refractivity contribution in [3.8, 4) is 5.88 Å². The Morgan fingerprint density at radius 2 is 2.27 bits per heavy atom. The van der Waals surface area contributed by atoms with Crippen molar-refractivity contribution in [3.63, 3.8) is 0 Å². The fourth-order valence-electron chi connectivity index (χ4n) is 3.05. The van der Waals surface area contributed by atoms with Gasteiger partial charge in [-0.1, -0.05) is 6.07 Å². The highest BCUT2D eigenvalue weighted by Crippen LogP contribution is 2.46. The smallest absolute Gasteiger partial charge is 0.254 e. The number of carbonyl (C=O) groups is 1. The van der Waals surface area contributed by atoms with Crippen LogP contribution in [0.15, 0.2) is 41.2 Å². The van der Waals surface area contributed by atoms with Gasteiger partial charge in [-0.2, -0.15) is 11.3 Å². The number of hydrogen-bond acceptors (Lipinski definition) is 5. The van der Waals surface area contributed by atoms with Crippen LogP contribution in [0.2, 0.25) is 0 Å². The molecule has 0 N–H and O–H groups in total. The summed E-state index contributed by atoms with van der Waals surface area (Å²) in [6.07, 6.45) is 2.93. The highest BCUT2D eigenvalue weighted by Gasteiger charge is 2.51. The molecule has 2 saturated heterocycles. The lowest BCUT2D eigenvalue weighted by Crippen LogP contribution is -2.60. The van der Waals surface area contributed by atoms with Gasteiger partial charge >= 0.3 is 0 Å². The molecule has 2 aromatic rings. The summed E-state index contributed by atoms with van der Waals surface area (Å²) in [4.78, 5) is 18.4. The number of likely N-dealkylation sites (tertiary alicyclic amines) is 1. The first-order chi connectivity index (χ1) is 10.7. The summed E-state index contributed by atoms with van der Waals surface area (Å²) in [5.74, 6) is 1.81. The van der Waals surface area contributed by atoms with Gasteiger partial charge in [0.15, 0.2) is 0 Å². The summed E-state index contributed by atoms with van der Waals surface area (Å²) in [5.41, 5.74) is 0.809. The molecule has 0 radical (unpaired) electrons. The van der Waals surface area contributed by atoms with Gasteiger partial charge in [-0.3, -0.25) is 4.79 Å². The van der Waals surface area contributed by atoms with Crippen LogP contribution in [0.25, 0.3) is 0 Å². The quantitative estimate of drug-likeness (QED) is 0.867. The predicted molar refractivity (Wildman–Crippen MR) is 88.7 cm³/mol. The number of thiophene rings is 1. The first-order valence-corrected chi connectivity index (χ1v) is 9.20. The van der Waals surface area contributed by atoms with Gasteiger partial charge in [0.05, 0.1) is 10.3 Å². The third-order valence-electron chi connectivity index (χ3n) is 4.11. The van der Waals surface area contributed by atoms with Crippen LogP contribution in [-0.4, -0.2) is 45.5 Å². The van der Waals surface area contributed by atoms with Gasteiger partial charge in [0, 0.05) is 42.9 Å².